The zero-order chi connectivity index (χ0) is 17.4. The molecule has 0 aliphatic rings. The van der Waals surface area contributed by atoms with Crippen LogP contribution in [0.25, 0.3) is 0 Å². The smallest absolute Gasteiger partial charge is 0.191 e. The molecule has 2 heterocycles. The van der Waals surface area contributed by atoms with Gasteiger partial charge in [0.25, 0.3) is 0 Å². The van der Waals surface area contributed by atoms with Gasteiger partial charge in [0.2, 0.25) is 0 Å². The van der Waals surface area contributed by atoms with E-state index in [1.807, 2.05) is 12.1 Å². The Labute approximate surface area is 148 Å². The third-order valence-electron chi connectivity index (χ3n) is 3.91. The van der Waals surface area contributed by atoms with Crippen LogP contribution in [-0.4, -0.2) is 30.1 Å². The van der Waals surface area contributed by atoms with Crippen molar-refractivity contribution in [1.82, 2.24) is 15.6 Å². The summed E-state index contributed by atoms with van der Waals surface area (Å²) in [5.74, 6) is 1.85. The van der Waals surface area contributed by atoms with Crippen LogP contribution < -0.4 is 10.6 Å². The minimum absolute atomic E-state index is 0.393. The minimum atomic E-state index is 0.393. The van der Waals surface area contributed by atoms with Gasteiger partial charge in [-0.3, -0.25) is 4.99 Å². The van der Waals surface area contributed by atoms with E-state index in [1.165, 1.54) is 4.88 Å². The molecule has 0 amide bonds. The van der Waals surface area contributed by atoms with E-state index in [4.69, 9.17) is 9.41 Å². The fourth-order valence-corrected chi connectivity index (χ4v) is 3.08. The molecule has 0 aliphatic carbocycles. The summed E-state index contributed by atoms with van der Waals surface area (Å²) < 4.78 is 5.36. The Morgan fingerprint density at radius 2 is 2.21 bits per heavy atom. The first kappa shape index (κ1) is 18.5. The molecule has 2 N–H and O–H groups in total. The Hall–Kier alpha value is -1.82. The van der Waals surface area contributed by atoms with Crippen LogP contribution >= 0.6 is 11.3 Å². The second-order valence-electron chi connectivity index (χ2n) is 5.94. The molecule has 5 nitrogen and oxygen atoms in total. The van der Waals surface area contributed by atoms with Gasteiger partial charge in [0.15, 0.2) is 5.96 Å². The minimum Gasteiger partial charge on any atom is -0.469 e. The number of guanidine groups is 1. The Kier molecular flexibility index (Phi) is 7.31. The topological polar surface area (TPSA) is 62.5 Å². The molecule has 1 unspecified atom stereocenters. The van der Waals surface area contributed by atoms with Crippen LogP contribution in [0.1, 0.15) is 41.6 Å². The molecule has 2 rings (SSSR count). The van der Waals surface area contributed by atoms with E-state index in [1.54, 1.807) is 17.6 Å². The van der Waals surface area contributed by atoms with Crippen molar-refractivity contribution >= 4 is 17.3 Å². The third-order valence-corrected chi connectivity index (χ3v) is 5.04. The molecule has 0 saturated carbocycles. The Bertz CT molecular complexity index is 614. The molecule has 0 aliphatic heterocycles. The normalized spacial score (nSPS) is 13.1. The Morgan fingerprint density at radius 1 is 1.38 bits per heavy atom. The molecular weight excluding hydrogens is 320 g/mol. The van der Waals surface area contributed by atoms with Gasteiger partial charge < -0.3 is 15.1 Å². The number of furan rings is 1. The van der Waals surface area contributed by atoms with Crippen molar-refractivity contribution in [2.24, 2.45) is 4.99 Å². The lowest BCUT2D eigenvalue weighted by atomic mass is 10.3. The van der Waals surface area contributed by atoms with E-state index in [0.717, 1.165) is 54.8 Å². The van der Waals surface area contributed by atoms with Crippen LogP contribution in [0.5, 0.6) is 0 Å². The molecule has 6 heteroatoms. The lowest BCUT2D eigenvalue weighted by Crippen LogP contribution is -2.43. The van der Waals surface area contributed by atoms with Crippen molar-refractivity contribution < 1.29 is 4.42 Å². The standard InChI is InChI=1S/C18H28N4OS/c1-5-13(2)21-18(19-10-8-16-7-6-12-23-16)20-11-9-17-22-14(3)15(4)24-17/h6-7,12-13H,5,8-11H2,1-4H3,(H2,19,20,21). The van der Waals surface area contributed by atoms with Crippen molar-refractivity contribution in [2.75, 3.05) is 13.1 Å². The van der Waals surface area contributed by atoms with Gasteiger partial charge in [-0.1, -0.05) is 6.92 Å². The lowest BCUT2D eigenvalue weighted by Gasteiger charge is -2.16. The van der Waals surface area contributed by atoms with E-state index in [-0.39, 0.29) is 0 Å². The predicted molar refractivity (Wildman–Crippen MR) is 101 cm³/mol. The number of hydrogen-bond donors (Lipinski definition) is 2. The van der Waals surface area contributed by atoms with E-state index in [0.29, 0.717) is 6.04 Å². The van der Waals surface area contributed by atoms with Crippen LogP contribution in [0.3, 0.4) is 0 Å². The maximum atomic E-state index is 5.36. The summed E-state index contributed by atoms with van der Waals surface area (Å²) >= 11 is 1.77. The van der Waals surface area contributed by atoms with E-state index in [2.05, 4.69) is 43.3 Å². The number of hydrogen-bond acceptors (Lipinski definition) is 4. The highest BCUT2D eigenvalue weighted by Crippen LogP contribution is 2.16. The van der Waals surface area contributed by atoms with Gasteiger partial charge in [-0.15, -0.1) is 11.3 Å². The SMILES string of the molecule is CCC(C)NC(=NCCc1nc(C)c(C)s1)NCCc1ccco1. The molecular formula is C18H28N4OS. The van der Waals surface area contributed by atoms with Crippen molar-refractivity contribution in [1.29, 1.82) is 0 Å². The van der Waals surface area contributed by atoms with Gasteiger partial charge in [-0.05, 0) is 39.3 Å². The molecule has 0 bridgehead atoms. The largest absolute Gasteiger partial charge is 0.469 e. The maximum absolute atomic E-state index is 5.36. The van der Waals surface area contributed by atoms with Gasteiger partial charge >= 0.3 is 0 Å². The highest BCUT2D eigenvalue weighted by molar-refractivity contribution is 7.11. The third kappa shape index (κ3) is 6.00. The van der Waals surface area contributed by atoms with Crippen molar-refractivity contribution in [2.45, 2.75) is 53.0 Å². The van der Waals surface area contributed by atoms with E-state index in [9.17, 15) is 0 Å². The average molecular weight is 349 g/mol. The summed E-state index contributed by atoms with van der Waals surface area (Å²) in [7, 11) is 0. The number of rotatable bonds is 8. The molecule has 0 spiro atoms. The molecule has 2 aromatic heterocycles. The van der Waals surface area contributed by atoms with E-state index < -0.39 is 0 Å². The molecule has 1 atom stereocenters. The van der Waals surface area contributed by atoms with Crippen LogP contribution in [-0.2, 0) is 12.8 Å². The van der Waals surface area contributed by atoms with Crippen LogP contribution in [0.15, 0.2) is 27.8 Å². The first-order valence-electron chi connectivity index (χ1n) is 8.58. The van der Waals surface area contributed by atoms with Gasteiger partial charge in [0.1, 0.15) is 5.76 Å². The quantitative estimate of drug-likeness (QED) is 0.566. The first-order chi connectivity index (χ1) is 11.6. The highest BCUT2D eigenvalue weighted by atomic mass is 32.1. The second kappa shape index (κ2) is 9.47. The second-order valence-corrected chi connectivity index (χ2v) is 7.23. The lowest BCUT2D eigenvalue weighted by molar-refractivity contribution is 0.506. The Balaban J connectivity index is 1.85. The number of aliphatic imine (C=N–C) groups is 1. The van der Waals surface area contributed by atoms with Crippen LogP contribution in [0.2, 0.25) is 0 Å². The van der Waals surface area contributed by atoms with Crippen molar-refractivity contribution in [3.63, 3.8) is 0 Å². The number of nitrogens with one attached hydrogen (secondary N) is 2. The average Bonchev–Trinajstić information content (AvgIpc) is 3.17. The van der Waals surface area contributed by atoms with Crippen molar-refractivity contribution in [3.8, 4) is 0 Å². The summed E-state index contributed by atoms with van der Waals surface area (Å²) in [6.45, 7) is 10.0. The predicted octanol–water partition coefficient (Wildman–Crippen LogP) is 3.47. The van der Waals surface area contributed by atoms with E-state index >= 15 is 0 Å². The van der Waals surface area contributed by atoms with Gasteiger partial charge in [0.05, 0.1) is 17.0 Å². The zero-order valence-electron chi connectivity index (χ0n) is 15.1. The summed E-state index contributed by atoms with van der Waals surface area (Å²) in [5, 5.41) is 7.99. The molecule has 0 fully saturated rings. The zero-order valence-corrected chi connectivity index (χ0v) is 15.9. The molecule has 0 saturated heterocycles. The molecule has 24 heavy (non-hydrogen) atoms. The summed E-state index contributed by atoms with van der Waals surface area (Å²) in [6.07, 6.45) is 4.49. The monoisotopic (exact) mass is 348 g/mol. The number of thiazole rings is 1. The van der Waals surface area contributed by atoms with Crippen LogP contribution in [0, 0.1) is 13.8 Å². The molecule has 0 radical (unpaired) electrons. The summed E-state index contributed by atoms with van der Waals surface area (Å²) in [5.41, 5.74) is 1.13. The molecule has 2 aromatic rings. The Morgan fingerprint density at radius 3 is 2.83 bits per heavy atom. The summed E-state index contributed by atoms with van der Waals surface area (Å²) in [4.78, 5) is 10.6. The summed E-state index contributed by atoms with van der Waals surface area (Å²) in [6, 6.07) is 4.30. The molecule has 0 aromatic carbocycles. The van der Waals surface area contributed by atoms with Gasteiger partial charge in [-0.25, -0.2) is 4.98 Å². The van der Waals surface area contributed by atoms with Crippen LogP contribution in [0.4, 0.5) is 0 Å². The fourth-order valence-electron chi connectivity index (χ4n) is 2.16. The first-order valence-corrected chi connectivity index (χ1v) is 9.40. The van der Waals surface area contributed by atoms with Crippen molar-refractivity contribution in [3.05, 3.63) is 39.7 Å². The number of aryl methyl sites for hydroxylation is 2. The number of aromatic nitrogens is 1. The van der Waals surface area contributed by atoms with Gasteiger partial charge in [-0.2, -0.15) is 0 Å². The van der Waals surface area contributed by atoms with Gasteiger partial charge in [0, 0.05) is 36.9 Å². The molecule has 132 valence electrons. The fraction of sp³-hybridized carbons (Fsp3) is 0.556. The number of nitrogens with zero attached hydrogens (tertiary/aromatic N) is 2. The maximum Gasteiger partial charge on any atom is 0.191 e. The highest BCUT2D eigenvalue weighted by Gasteiger charge is 2.06.